The number of rotatable bonds is 7. The molecule has 3 aromatic carbocycles. The summed E-state index contributed by atoms with van der Waals surface area (Å²) in [5, 5.41) is 13.3. The summed E-state index contributed by atoms with van der Waals surface area (Å²) < 4.78 is 7.07. The Kier molecular flexibility index (Phi) is 7.23. The van der Waals surface area contributed by atoms with E-state index in [2.05, 4.69) is 15.5 Å². The van der Waals surface area contributed by atoms with Crippen molar-refractivity contribution in [2.75, 3.05) is 18.2 Å². The molecule has 0 aliphatic carbocycles. The van der Waals surface area contributed by atoms with Gasteiger partial charge >= 0.3 is 0 Å². The summed E-state index contributed by atoms with van der Waals surface area (Å²) in [5.41, 5.74) is 3.49. The molecule has 4 rings (SSSR count). The summed E-state index contributed by atoms with van der Waals surface area (Å²) in [6.45, 7) is 2.03. The Morgan fingerprint density at radius 2 is 1.85 bits per heavy atom. The molecule has 33 heavy (non-hydrogen) atoms. The van der Waals surface area contributed by atoms with Gasteiger partial charge in [-0.3, -0.25) is 9.36 Å². The molecule has 4 aromatic rings. The Hall–Kier alpha value is -3.00. The molecular formula is C24H20Cl2N4O2S. The lowest BCUT2D eigenvalue weighted by Crippen LogP contribution is -2.14. The van der Waals surface area contributed by atoms with Crippen LogP contribution in [0.1, 0.15) is 5.56 Å². The molecule has 0 fully saturated rings. The van der Waals surface area contributed by atoms with Crippen LogP contribution in [0.5, 0.6) is 5.75 Å². The first kappa shape index (κ1) is 23.2. The van der Waals surface area contributed by atoms with Gasteiger partial charge in [-0.05, 0) is 55.5 Å². The van der Waals surface area contributed by atoms with E-state index in [4.69, 9.17) is 27.9 Å². The lowest BCUT2D eigenvalue weighted by atomic mass is 10.1. The van der Waals surface area contributed by atoms with Crippen molar-refractivity contribution in [3.8, 4) is 22.8 Å². The Bertz CT molecular complexity index is 1290. The van der Waals surface area contributed by atoms with Crippen LogP contribution in [0, 0.1) is 6.92 Å². The molecule has 0 unspecified atom stereocenters. The second kappa shape index (κ2) is 10.3. The third kappa shape index (κ3) is 5.50. The van der Waals surface area contributed by atoms with Crippen molar-refractivity contribution in [2.24, 2.45) is 0 Å². The normalized spacial score (nSPS) is 10.8. The molecule has 1 N–H and O–H groups in total. The van der Waals surface area contributed by atoms with Gasteiger partial charge in [0.1, 0.15) is 5.75 Å². The highest BCUT2D eigenvalue weighted by Crippen LogP contribution is 2.30. The number of nitrogens with zero attached hydrogens (tertiary/aromatic N) is 3. The number of carbonyl (C=O) groups is 1. The minimum Gasteiger partial charge on any atom is -0.495 e. The maximum absolute atomic E-state index is 12.6. The maximum Gasteiger partial charge on any atom is 0.234 e. The molecule has 0 atom stereocenters. The highest BCUT2D eigenvalue weighted by molar-refractivity contribution is 7.99. The number of carbonyl (C=O) groups excluding carboxylic acids is 1. The zero-order chi connectivity index (χ0) is 23.4. The summed E-state index contributed by atoms with van der Waals surface area (Å²) in [5.74, 6) is 1.18. The number of methoxy groups -OCH3 is 1. The van der Waals surface area contributed by atoms with E-state index in [1.54, 1.807) is 18.2 Å². The predicted molar refractivity (Wildman–Crippen MR) is 134 cm³/mol. The maximum atomic E-state index is 12.6. The van der Waals surface area contributed by atoms with Gasteiger partial charge in [0.15, 0.2) is 11.0 Å². The minimum absolute atomic E-state index is 0.142. The van der Waals surface area contributed by atoms with Crippen molar-refractivity contribution in [1.82, 2.24) is 14.8 Å². The second-order valence-corrected chi connectivity index (χ2v) is 8.96. The molecule has 6 nitrogen and oxygen atoms in total. The fourth-order valence-corrected chi connectivity index (χ4v) is 4.36. The Labute approximate surface area is 205 Å². The largest absolute Gasteiger partial charge is 0.495 e. The first-order chi connectivity index (χ1) is 15.9. The smallest absolute Gasteiger partial charge is 0.234 e. The number of halogens is 2. The molecule has 0 aliphatic heterocycles. The number of amides is 1. The molecule has 0 bridgehead atoms. The average Bonchev–Trinajstić information content (AvgIpc) is 3.22. The molecule has 0 radical (unpaired) electrons. The van der Waals surface area contributed by atoms with Crippen LogP contribution in [0.25, 0.3) is 17.1 Å². The number of ether oxygens (including phenoxy) is 1. The summed E-state index contributed by atoms with van der Waals surface area (Å²) in [6, 6.07) is 20.5. The highest BCUT2D eigenvalue weighted by Gasteiger charge is 2.18. The molecule has 0 saturated carbocycles. The van der Waals surface area contributed by atoms with Crippen LogP contribution in [0.15, 0.2) is 71.9 Å². The summed E-state index contributed by atoms with van der Waals surface area (Å²) in [4.78, 5) is 12.6. The van der Waals surface area contributed by atoms with Crippen LogP contribution in [-0.4, -0.2) is 33.5 Å². The minimum atomic E-state index is -0.191. The van der Waals surface area contributed by atoms with Crippen LogP contribution in [0.3, 0.4) is 0 Å². The van der Waals surface area contributed by atoms with E-state index in [1.807, 2.05) is 60.0 Å². The van der Waals surface area contributed by atoms with E-state index >= 15 is 0 Å². The van der Waals surface area contributed by atoms with E-state index in [0.29, 0.717) is 32.5 Å². The summed E-state index contributed by atoms with van der Waals surface area (Å²) >= 11 is 13.5. The van der Waals surface area contributed by atoms with Crippen molar-refractivity contribution >= 4 is 46.6 Å². The Morgan fingerprint density at radius 1 is 1.06 bits per heavy atom. The van der Waals surface area contributed by atoms with Crippen molar-refractivity contribution in [2.45, 2.75) is 12.1 Å². The van der Waals surface area contributed by atoms with E-state index in [9.17, 15) is 4.79 Å². The van der Waals surface area contributed by atoms with Gasteiger partial charge in [-0.1, -0.05) is 58.7 Å². The first-order valence-electron chi connectivity index (χ1n) is 9.99. The molecule has 1 aromatic heterocycles. The number of hydrogen-bond donors (Lipinski definition) is 1. The number of benzene rings is 3. The zero-order valence-electron chi connectivity index (χ0n) is 17.9. The van der Waals surface area contributed by atoms with E-state index in [1.165, 1.54) is 18.9 Å². The van der Waals surface area contributed by atoms with Crippen molar-refractivity contribution < 1.29 is 9.53 Å². The van der Waals surface area contributed by atoms with Gasteiger partial charge < -0.3 is 10.1 Å². The van der Waals surface area contributed by atoms with Crippen molar-refractivity contribution in [3.05, 3.63) is 82.3 Å². The molecule has 1 amide bonds. The van der Waals surface area contributed by atoms with Crippen molar-refractivity contribution in [3.63, 3.8) is 0 Å². The van der Waals surface area contributed by atoms with Crippen molar-refractivity contribution in [1.29, 1.82) is 0 Å². The fourth-order valence-electron chi connectivity index (χ4n) is 3.23. The molecule has 0 spiro atoms. The van der Waals surface area contributed by atoms with E-state index in [0.717, 1.165) is 16.8 Å². The molecular weight excluding hydrogens is 479 g/mol. The van der Waals surface area contributed by atoms with Gasteiger partial charge in [0, 0.05) is 22.0 Å². The number of aryl methyl sites for hydroxylation is 1. The topological polar surface area (TPSA) is 69.0 Å². The van der Waals surface area contributed by atoms with Gasteiger partial charge in [0.25, 0.3) is 0 Å². The molecule has 9 heteroatoms. The number of hydrogen-bond acceptors (Lipinski definition) is 5. The monoisotopic (exact) mass is 498 g/mol. The average molecular weight is 499 g/mol. The van der Waals surface area contributed by atoms with Crippen LogP contribution in [-0.2, 0) is 4.79 Å². The Balaban J connectivity index is 1.58. The summed E-state index contributed by atoms with van der Waals surface area (Å²) in [6.07, 6.45) is 0. The first-order valence-corrected chi connectivity index (χ1v) is 11.7. The van der Waals surface area contributed by atoms with Gasteiger partial charge in [0.2, 0.25) is 5.91 Å². The third-order valence-corrected chi connectivity index (χ3v) is 6.24. The number of nitrogens with one attached hydrogen (secondary N) is 1. The number of anilines is 1. The standard InChI is InChI=1S/C24H20Cl2N4O2S/c1-15-4-3-5-16(12-15)23-28-29-24(30(23)19-9-6-17(25)7-10-19)33-14-22(31)27-18-8-11-21(32-2)20(26)13-18/h3-13H,14H2,1-2H3,(H,27,31). The van der Waals surface area contributed by atoms with Crippen LogP contribution >= 0.6 is 35.0 Å². The van der Waals surface area contributed by atoms with Crippen LogP contribution in [0.2, 0.25) is 10.0 Å². The lowest BCUT2D eigenvalue weighted by Gasteiger charge is -2.11. The van der Waals surface area contributed by atoms with Crippen LogP contribution < -0.4 is 10.1 Å². The quantitative estimate of drug-likeness (QED) is 0.303. The molecule has 0 aliphatic rings. The number of thioether (sulfide) groups is 1. The lowest BCUT2D eigenvalue weighted by molar-refractivity contribution is -0.113. The highest BCUT2D eigenvalue weighted by atomic mass is 35.5. The zero-order valence-corrected chi connectivity index (χ0v) is 20.2. The molecule has 168 valence electrons. The molecule has 1 heterocycles. The van der Waals surface area contributed by atoms with Gasteiger partial charge in [-0.2, -0.15) is 0 Å². The van der Waals surface area contributed by atoms with Crippen LogP contribution in [0.4, 0.5) is 5.69 Å². The molecule has 0 saturated heterocycles. The Morgan fingerprint density at radius 3 is 2.55 bits per heavy atom. The predicted octanol–water partition coefficient (Wildman–Crippen LogP) is 6.29. The second-order valence-electron chi connectivity index (χ2n) is 7.17. The van der Waals surface area contributed by atoms with Gasteiger partial charge in [-0.15, -0.1) is 10.2 Å². The third-order valence-electron chi connectivity index (χ3n) is 4.76. The van der Waals surface area contributed by atoms with Gasteiger partial charge in [-0.25, -0.2) is 0 Å². The SMILES string of the molecule is COc1ccc(NC(=O)CSc2nnc(-c3cccc(C)c3)n2-c2ccc(Cl)cc2)cc1Cl. The fraction of sp³-hybridized carbons (Fsp3) is 0.125. The van der Waals surface area contributed by atoms with E-state index in [-0.39, 0.29) is 11.7 Å². The summed E-state index contributed by atoms with van der Waals surface area (Å²) in [7, 11) is 1.54. The number of aromatic nitrogens is 3. The van der Waals surface area contributed by atoms with E-state index < -0.39 is 0 Å². The van der Waals surface area contributed by atoms with Gasteiger partial charge in [0.05, 0.1) is 17.9 Å².